The third-order valence-corrected chi connectivity index (χ3v) is 7.79. The van der Waals surface area contributed by atoms with Crippen molar-refractivity contribution in [1.82, 2.24) is 4.90 Å². The summed E-state index contributed by atoms with van der Waals surface area (Å²) >= 11 is 1.80. The van der Waals surface area contributed by atoms with Crippen molar-refractivity contribution in [2.75, 3.05) is 13.1 Å². The topological polar surface area (TPSA) is 37.4 Å². The summed E-state index contributed by atoms with van der Waals surface area (Å²) in [6, 6.07) is 11.8. The van der Waals surface area contributed by atoms with E-state index in [1.807, 2.05) is 18.2 Å². The Morgan fingerprint density at radius 1 is 1.19 bits per heavy atom. The lowest BCUT2D eigenvalue weighted by molar-refractivity contribution is 0.328. The highest BCUT2D eigenvalue weighted by Crippen LogP contribution is 2.44. The van der Waals surface area contributed by atoms with Crippen LogP contribution >= 0.6 is 11.3 Å². The minimum absolute atomic E-state index is 0.146. The Labute approximate surface area is 129 Å². The first-order chi connectivity index (χ1) is 10.1. The lowest BCUT2D eigenvalue weighted by atomic mass is 9.99. The van der Waals surface area contributed by atoms with Crippen molar-refractivity contribution in [2.24, 2.45) is 0 Å². The van der Waals surface area contributed by atoms with Crippen LogP contribution in [0.15, 0.2) is 41.3 Å². The van der Waals surface area contributed by atoms with E-state index in [4.69, 9.17) is 0 Å². The van der Waals surface area contributed by atoms with E-state index in [1.54, 1.807) is 17.4 Å². The molecule has 2 aromatic rings. The third-order valence-electron chi connectivity index (χ3n) is 4.54. The van der Waals surface area contributed by atoms with Crippen molar-refractivity contribution < 1.29 is 8.42 Å². The van der Waals surface area contributed by atoms with Gasteiger partial charge in [-0.1, -0.05) is 18.2 Å². The number of thiophene rings is 1. The minimum Gasteiger partial charge on any atom is -0.296 e. The quantitative estimate of drug-likeness (QED) is 0.854. The first-order valence-corrected chi connectivity index (χ1v) is 9.52. The minimum atomic E-state index is -3.14. The third kappa shape index (κ3) is 2.06. The first-order valence-electron chi connectivity index (χ1n) is 7.16. The summed E-state index contributed by atoms with van der Waals surface area (Å²) in [4.78, 5) is 5.47. The number of sulfone groups is 1. The normalized spacial score (nSPS) is 26.7. The van der Waals surface area contributed by atoms with Gasteiger partial charge in [0.25, 0.3) is 0 Å². The molecule has 0 N–H and O–H groups in total. The van der Waals surface area contributed by atoms with E-state index < -0.39 is 9.84 Å². The van der Waals surface area contributed by atoms with E-state index in [1.165, 1.54) is 9.75 Å². The summed E-state index contributed by atoms with van der Waals surface area (Å²) in [5, 5.41) is -0.254. The standard InChI is InChI=1S/C16H17NO2S2/c1-11-6-7-12(20-11)8-17-9-14-13-4-2-3-5-15(13)21(18,19)16(14)10-17/h2-7,14,16H,8-10H2,1H3. The molecule has 3 nitrogen and oxygen atoms in total. The Morgan fingerprint density at radius 2 is 2.00 bits per heavy atom. The number of hydrogen-bond donors (Lipinski definition) is 0. The molecular weight excluding hydrogens is 302 g/mol. The lowest BCUT2D eigenvalue weighted by Gasteiger charge is -2.16. The maximum atomic E-state index is 12.6. The predicted octanol–water partition coefficient (Wildman–Crippen LogP) is 2.81. The number of aryl methyl sites for hydroxylation is 1. The van der Waals surface area contributed by atoms with Gasteiger partial charge in [-0.05, 0) is 30.7 Å². The summed E-state index contributed by atoms with van der Waals surface area (Å²) < 4.78 is 25.3. The Balaban J connectivity index is 1.62. The van der Waals surface area contributed by atoms with Crippen molar-refractivity contribution in [1.29, 1.82) is 0 Å². The number of benzene rings is 1. The fourth-order valence-corrected chi connectivity index (χ4v) is 6.74. The van der Waals surface area contributed by atoms with Crippen LogP contribution in [0.1, 0.15) is 21.2 Å². The summed E-state index contributed by atoms with van der Waals surface area (Å²) in [5.74, 6) is 0.146. The van der Waals surface area contributed by atoms with Crippen LogP contribution in [0.25, 0.3) is 0 Å². The second-order valence-electron chi connectivity index (χ2n) is 5.93. The molecule has 5 heteroatoms. The molecule has 0 spiro atoms. The number of hydrogen-bond acceptors (Lipinski definition) is 4. The van der Waals surface area contributed by atoms with E-state index in [-0.39, 0.29) is 11.2 Å². The van der Waals surface area contributed by atoms with Gasteiger partial charge in [-0.2, -0.15) is 0 Å². The van der Waals surface area contributed by atoms with Crippen LogP contribution in [-0.2, 0) is 16.4 Å². The van der Waals surface area contributed by atoms with Crippen molar-refractivity contribution >= 4 is 21.2 Å². The molecule has 2 aliphatic rings. The summed E-state index contributed by atoms with van der Waals surface area (Å²) in [6.07, 6.45) is 0. The average molecular weight is 319 g/mol. The van der Waals surface area contributed by atoms with Crippen LogP contribution in [0.4, 0.5) is 0 Å². The molecule has 2 atom stereocenters. The molecule has 0 aliphatic carbocycles. The van der Waals surface area contributed by atoms with Gasteiger partial charge in [-0.25, -0.2) is 8.42 Å². The molecular formula is C16H17NO2S2. The fraction of sp³-hybridized carbons (Fsp3) is 0.375. The molecule has 0 saturated carbocycles. The first kappa shape index (κ1) is 13.5. The van der Waals surface area contributed by atoms with Gasteiger partial charge in [0.2, 0.25) is 0 Å². The van der Waals surface area contributed by atoms with Crippen molar-refractivity contribution in [2.45, 2.75) is 29.5 Å². The number of rotatable bonds is 2. The molecule has 110 valence electrons. The van der Waals surface area contributed by atoms with Gasteiger partial charge >= 0.3 is 0 Å². The fourth-order valence-electron chi connectivity index (χ4n) is 3.59. The van der Waals surface area contributed by atoms with Crippen molar-refractivity contribution in [3.8, 4) is 0 Å². The zero-order valence-electron chi connectivity index (χ0n) is 11.8. The Hall–Kier alpha value is -1.17. The SMILES string of the molecule is Cc1ccc(CN2CC3c4ccccc4S(=O)(=O)C3C2)s1. The summed E-state index contributed by atoms with van der Waals surface area (Å²) in [7, 11) is -3.14. The molecule has 2 unspecified atom stereocenters. The van der Waals surface area contributed by atoms with Crippen LogP contribution in [0.2, 0.25) is 0 Å². The Kier molecular flexibility index (Phi) is 3.00. The van der Waals surface area contributed by atoms with Crippen molar-refractivity contribution in [3.63, 3.8) is 0 Å². The van der Waals surface area contributed by atoms with E-state index >= 15 is 0 Å². The van der Waals surface area contributed by atoms with E-state index in [2.05, 4.69) is 24.0 Å². The van der Waals surface area contributed by atoms with E-state index in [9.17, 15) is 8.42 Å². The van der Waals surface area contributed by atoms with E-state index in [0.29, 0.717) is 11.4 Å². The molecule has 2 aliphatic heterocycles. The van der Waals surface area contributed by atoms with Crippen LogP contribution in [0.3, 0.4) is 0 Å². The van der Waals surface area contributed by atoms with Crippen LogP contribution < -0.4 is 0 Å². The molecule has 1 saturated heterocycles. The van der Waals surface area contributed by atoms with E-state index in [0.717, 1.165) is 18.7 Å². The molecule has 0 bridgehead atoms. The predicted molar refractivity (Wildman–Crippen MR) is 84.5 cm³/mol. The second-order valence-corrected chi connectivity index (χ2v) is 9.44. The van der Waals surface area contributed by atoms with Gasteiger partial charge in [-0.3, -0.25) is 4.90 Å². The molecule has 1 aromatic heterocycles. The highest BCUT2D eigenvalue weighted by Gasteiger charge is 2.49. The van der Waals surface area contributed by atoms with Gasteiger partial charge in [-0.15, -0.1) is 11.3 Å². The smallest absolute Gasteiger partial charge is 0.183 e. The molecule has 3 heterocycles. The summed E-state index contributed by atoms with van der Waals surface area (Å²) in [6.45, 7) is 4.47. The second kappa shape index (κ2) is 4.66. The average Bonchev–Trinajstić information content (AvgIpc) is 3.10. The van der Waals surface area contributed by atoms with Gasteiger partial charge < -0.3 is 0 Å². The lowest BCUT2D eigenvalue weighted by Crippen LogP contribution is -2.25. The Morgan fingerprint density at radius 3 is 2.76 bits per heavy atom. The molecule has 0 radical (unpaired) electrons. The monoisotopic (exact) mass is 319 g/mol. The maximum absolute atomic E-state index is 12.6. The van der Waals surface area contributed by atoms with Crippen molar-refractivity contribution in [3.05, 3.63) is 51.7 Å². The number of likely N-dealkylation sites (tertiary alicyclic amines) is 1. The zero-order valence-corrected chi connectivity index (χ0v) is 13.5. The molecule has 1 aromatic carbocycles. The van der Waals surface area contributed by atoms with Gasteiger partial charge in [0, 0.05) is 35.3 Å². The highest BCUT2D eigenvalue weighted by molar-refractivity contribution is 7.92. The largest absolute Gasteiger partial charge is 0.296 e. The molecule has 4 rings (SSSR count). The maximum Gasteiger partial charge on any atom is 0.183 e. The zero-order chi connectivity index (χ0) is 14.6. The molecule has 21 heavy (non-hydrogen) atoms. The summed E-state index contributed by atoms with van der Waals surface area (Å²) in [5.41, 5.74) is 1.02. The Bertz CT molecular complexity index is 794. The molecule has 0 amide bonds. The highest BCUT2D eigenvalue weighted by atomic mass is 32.2. The van der Waals surface area contributed by atoms with Gasteiger partial charge in [0.05, 0.1) is 10.1 Å². The van der Waals surface area contributed by atoms with Gasteiger partial charge in [0.15, 0.2) is 9.84 Å². The number of fused-ring (bicyclic) bond motifs is 3. The number of nitrogens with zero attached hydrogens (tertiary/aromatic N) is 1. The molecule has 1 fully saturated rings. The van der Waals surface area contributed by atoms with Crippen LogP contribution in [-0.4, -0.2) is 31.7 Å². The van der Waals surface area contributed by atoms with Crippen LogP contribution in [0.5, 0.6) is 0 Å². The van der Waals surface area contributed by atoms with Crippen LogP contribution in [0, 0.1) is 6.92 Å². The van der Waals surface area contributed by atoms with Gasteiger partial charge in [0.1, 0.15) is 0 Å².